The number of likely N-dealkylation sites (tertiary alicyclic amines) is 1. The number of alkyl halides is 5. The van der Waals surface area contributed by atoms with E-state index in [1.54, 1.807) is 6.07 Å². The lowest BCUT2D eigenvalue weighted by atomic mass is 10.2. The third kappa shape index (κ3) is 6.73. The lowest BCUT2D eigenvalue weighted by Gasteiger charge is -2.18. The number of para-hydroxylation sites is 1. The molecule has 0 saturated carbocycles. The highest BCUT2D eigenvalue weighted by Crippen LogP contribution is 2.21. The van der Waals surface area contributed by atoms with Crippen LogP contribution in [0.5, 0.6) is 5.75 Å². The molecule has 1 aromatic carbocycles. The number of halogens is 5. The first kappa shape index (κ1) is 19.2. The van der Waals surface area contributed by atoms with E-state index in [1.807, 2.05) is 0 Å². The topological polar surface area (TPSA) is 53.6 Å². The standard InChI is InChI=1S/C15H18F5N3O2/c16-13(17)25-12-4-2-1-3-10(12)7-21-14(24)22-11-5-6-23(8-11)9-15(18,19)20/h1-4,11,13H,5-9H2,(H2,21,22,24)/t11-/m1/s1. The van der Waals surface area contributed by atoms with Crippen molar-refractivity contribution >= 4 is 6.03 Å². The highest BCUT2D eigenvalue weighted by Gasteiger charge is 2.34. The lowest BCUT2D eigenvalue weighted by Crippen LogP contribution is -2.43. The first-order chi connectivity index (χ1) is 11.7. The maximum Gasteiger partial charge on any atom is 0.401 e. The third-order valence-corrected chi connectivity index (χ3v) is 3.64. The molecule has 2 N–H and O–H groups in total. The first-order valence-electron chi connectivity index (χ1n) is 7.59. The van der Waals surface area contributed by atoms with Gasteiger partial charge in [-0.05, 0) is 12.5 Å². The molecule has 25 heavy (non-hydrogen) atoms. The molecule has 1 fully saturated rings. The molecule has 10 heteroatoms. The van der Waals surface area contributed by atoms with Gasteiger partial charge in [0, 0.05) is 31.2 Å². The molecule has 0 radical (unpaired) electrons. The van der Waals surface area contributed by atoms with E-state index >= 15 is 0 Å². The van der Waals surface area contributed by atoms with Crippen LogP contribution in [0, 0.1) is 0 Å². The SMILES string of the molecule is O=C(NCc1ccccc1OC(F)F)N[C@@H]1CCN(CC(F)(F)F)C1. The van der Waals surface area contributed by atoms with Gasteiger partial charge in [-0.25, -0.2) is 4.79 Å². The van der Waals surface area contributed by atoms with Crippen LogP contribution in [0.3, 0.4) is 0 Å². The molecule has 0 aliphatic carbocycles. The molecule has 0 aromatic heterocycles. The van der Waals surface area contributed by atoms with Crippen LogP contribution in [0.25, 0.3) is 0 Å². The Morgan fingerprint density at radius 1 is 1.32 bits per heavy atom. The van der Waals surface area contributed by atoms with Gasteiger partial charge in [0.1, 0.15) is 5.75 Å². The van der Waals surface area contributed by atoms with Crippen LogP contribution in [0.4, 0.5) is 26.7 Å². The van der Waals surface area contributed by atoms with Gasteiger partial charge >= 0.3 is 18.8 Å². The average molecular weight is 367 g/mol. The minimum absolute atomic E-state index is 0.0463. The summed E-state index contributed by atoms with van der Waals surface area (Å²) in [5.41, 5.74) is 0.364. The van der Waals surface area contributed by atoms with Gasteiger partial charge < -0.3 is 15.4 Å². The van der Waals surface area contributed by atoms with E-state index in [4.69, 9.17) is 0 Å². The Morgan fingerprint density at radius 3 is 2.72 bits per heavy atom. The molecule has 1 aliphatic rings. The number of carbonyl (C=O) groups excluding carboxylic acids is 1. The van der Waals surface area contributed by atoms with Crippen LogP contribution in [-0.2, 0) is 6.54 Å². The third-order valence-electron chi connectivity index (χ3n) is 3.64. The summed E-state index contributed by atoms with van der Waals surface area (Å²) in [6.07, 6.45) is -3.86. The Labute approximate surface area is 141 Å². The predicted molar refractivity (Wildman–Crippen MR) is 79.3 cm³/mol. The number of amides is 2. The summed E-state index contributed by atoms with van der Waals surface area (Å²) in [7, 11) is 0. The number of hydrogen-bond acceptors (Lipinski definition) is 3. The molecule has 1 heterocycles. The molecule has 1 atom stereocenters. The first-order valence-corrected chi connectivity index (χ1v) is 7.59. The monoisotopic (exact) mass is 367 g/mol. The number of nitrogens with one attached hydrogen (secondary N) is 2. The quantitative estimate of drug-likeness (QED) is 0.761. The highest BCUT2D eigenvalue weighted by atomic mass is 19.4. The van der Waals surface area contributed by atoms with Gasteiger partial charge in [-0.3, -0.25) is 4.90 Å². The molecule has 0 bridgehead atoms. The predicted octanol–water partition coefficient (Wildman–Crippen LogP) is 2.72. The van der Waals surface area contributed by atoms with E-state index in [0.717, 1.165) is 0 Å². The fourth-order valence-electron chi connectivity index (χ4n) is 2.62. The summed E-state index contributed by atoms with van der Waals surface area (Å²) in [5, 5.41) is 5.06. The fourth-order valence-corrected chi connectivity index (χ4v) is 2.62. The van der Waals surface area contributed by atoms with Crippen LogP contribution in [-0.4, -0.2) is 49.4 Å². The number of benzene rings is 1. The van der Waals surface area contributed by atoms with Crippen molar-refractivity contribution in [3.8, 4) is 5.75 Å². The maximum absolute atomic E-state index is 12.3. The van der Waals surface area contributed by atoms with Crippen LogP contribution in [0.1, 0.15) is 12.0 Å². The molecule has 2 rings (SSSR count). The summed E-state index contributed by atoms with van der Waals surface area (Å²) in [6.45, 7) is -3.68. The Morgan fingerprint density at radius 2 is 2.04 bits per heavy atom. The van der Waals surface area contributed by atoms with Crippen LogP contribution in [0.2, 0.25) is 0 Å². The van der Waals surface area contributed by atoms with E-state index in [0.29, 0.717) is 12.0 Å². The molecular formula is C15H18F5N3O2. The number of ether oxygens (including phenoxy) is 1. The molecule has 0 spiro atoms. The highest BCUT2D eigenvalue weighted by molar-refractivity contribution is 5.74. The zero-order chi connectivity index (χ0) is 18.4. The van der Waals surface area contributed by atoms with Crippen LogP contribution >= 0.6 is 0 Å². The molecule has 0 unspecified atom stereocenters. The molecule has 1 aromatic rings. The van der Waals surface area contributed by atoms with Crippen LogP contribution in [0.15, 0.2) is 24.3 Å². The minimum atomic E-state index is -4.27. The molecule has 1 saturated heterocycles. The van der Waals surface area contributed by atoms with Crippen LogP contribution < -0.4 is 15.4 Å². The van der Waals surface area contributed by atoms with Gasteiger partial charge in [0.2, 0.25) is 0 Å². The van der Waals surface area contributed by atoms with Crippen molar-refractivity contribution in [3.05, 3.63) is 29.8 Å². The zero-order valence-corrected chi connectivity index (χ0v) is 13.2. The van der Waals surface area contributed by atoms with Crippen molar-refractivity contribution in [1.29, 1.82) is 0 Å². The van der Waals surface area contributed by atoms with Gasteiger partial charge in [-0.2, -0.15) is 22.0 Å². The normalized spacial score (nSPS) is 18.4. The smallest absolute Gasteiger partial charge is 0.401 e. The van der Waals surface area contributed by atoms with Crippen molar-refractivity contribution < 1.29 is 31.5 Å². The molecule has 1 aliphatic heterocycles. The Hall–Kier alpha value is -2.10. The second kappa shape index (κ2) is 8.32. The second-order valence-electron chi connectivity index (χ2n) is 5.65. The average Bonchev–Trinajstić information content (AvgIpc) is 2.90. The largest absolute Gasteiger partial charge is 0.434 e. The molecule has 5 nitrogen and oxygen atoms in total. The van der Waals surface area contributed by atoms with E-state index in [-0.39, 0.29) is 25.4 Å². The number of rotatable bonds is 6. The van der Waals surface area contributed by atoms with Crippen molar-refractivity contribution in [1.82, 2.24) is 15.5 Å². The summed E-state index contributed by atoms with van der Waals surface area (Å²) in [5.74, 6) is -0.0463. The van der Waals surface area contributed by atoms with Gasteiger partial charge in [0.15, 0.2) is 0 Å². The summed E-state index contributed by atoms with van der Waals surface area (Å²) in [6, 6.07) is 5.04. The minimum Gasteiger partial charge on any atom is -0.434 e. The van der Waals surface area contributed by atoms with E-state index in [9.17, 15) is 26.7 Å². The summed E-state index contributed by atoms with van der Waals surface area (Å²) < 4.78 is 66.0. The zero-order valence-electron chi connectivity index (χ0n) is 13.2. The Bertz CT molecular complexity index is 583. The van der Waals surface area contributed by atoms with E-state index in [1.165, 1.54) is 23.1 Å². The van der Waals surface area contributed by atoms with E-state index < -0.39 is 31.4 Å². The van der Waals surface area contributed by atoms with E-state index in [2.05, 4.69) is 15.4 Å². The van der Waals surface area contributed by atoms with Gasteiger partial charge in [-0.15, -0.1) is 0 Å². The fraction of sp³-hybridized carbons (Fsp3) is 0.533. The number of nitrogens with zero attached hydrogens (tertiary/aromatic N) is 1. The number of hydrogen-bond donors (Lipinski definition) is 2. The maximum atomic E-state index is 12.3. The van der Waals surface area contributed by atoms with Gasteiger partial charge in [0.25, 0.3) is 0 Å². The summed E-state index contributed by atoms with van der Waals surface area (Å²) in [4.78, 5) is 13.1. The molecule has 2 amide bonds. The molecule has 140 valence electrons. The number of carbonyl (C=O) groups is 1. The lowest BCUT2D eigenvalue weighted by molar-refractivity contribution is -0.143. The number of urea groups is 1. The second-order valence-corrected chi connectivity index (χ2v) is 5.65. The van der Waals surface area contributed by atoms with Crippen molar-refractivity contribution in [2.45, 2.75) is 31.8 Å². The molecular weight excluding hydrogens is 349 g/mol. The van der Waals surface area contributed by atoms with Crippen molar-refractivity contribution in [2.24, 2.45) is 0 Å². The van der Waals surface area contributed by atoms with Crippen molar-refractivity contribution in [2.75, 3.05) is 19.6 Å². The summed E-state index contributed by atoms with van der Waals surface area (Å²) >= 11 is 0. The Kier molecular flexibility index (Phi) is 6.40. The Balaban J connectivity index is 1.78. The van der Waals surface area contributed by atoms with Crippen molar-refractivity contribution in [3.63, 3.8) is 0 Å². The van der Waals surface area contributed by atoms with Gasteiger partial charge in [-0.1, -0.05) is 18.2 Å². The van der Waals surface area contributed by atoms with Gasteiger partial charge in [0.05, 0.1) is 6.54 Å².